The average Bonchev–Trinajstić information content (AvgIpc) is 1.63. The van der Waals surface area contributed by atoms with Gasteiger partial charge in [-0.2, -0.15) is 0 Å². The first-order valence-electron chi connectivity index (χ1n) is 43.7. The first kappa shape index (κ1) is 100.0. The fraction of sp³-hybridized carbons (Fsp3) is 0.652. The number of Topliss-reactive ketones (excluding diaryl/α,β-unsaturated/α-hetero) is 1. The van der Waals surface area contributed by atoms with Crippen LogP contribution in [0.4, 0.5) is 77.1 Å². The molecule has 8 aliphatic rings. The fourth-order valence-electron chi connectivity index (χ4n) is 17.8. The van der Waals surface area contributed by atoms with Crippen LogP contribution in [-0.4, -0.2) is 204 Å². The molecule has 0 saturated carbocycles. The maximum absolute atomic E-state index is 14.7. The molecule has 0 spiro atoms. The molecule has 122 heavy (non-hydrogen) atoms. The van der Waals surface area contributed by atoms with Gasteiger partial charge in [0.15, 0.2) is 5.78 Å². The minimum Gasteiger partial charge on any atom is -0.444 e. The van der Waals surface area contributed by atoms with Crippen LogP contribution in [0.25, 0.3) is 4.85 Å². The molecule has 10 unspecified atom stereocenters. The Morgan fingerprint density at radius 3 is 0.992 bits per heavy atom. The number of rotatable bonds is 20. The molecule has 20 nitrogen and oxygen atoms in total. The van der Waals surface area contributed by atoms with E-state index >= 15 is 0 Å². The van der Waals surface area contributed by atoms with Crippen LogP contribution in [0.5, 0.6) is 0 Å². The number of unbranched alkanes of at least 4 members (excludes halogenated alkanes) is 3. The minimum absolute atomic E-state index is 0.0373. The molecular formula is C92H133BrF8N10O10Sn. The number of nitrogens with two attached hydrogens (primary N) is 1. The van der Waals surface area contributed by atoms with Crippen LogP contribution in [0.15, 0.2) is 63.4 Å². The predicted molar refractivity (Wildman–Crippen MR) is 470 cm³/mol. The molecule has 4 aromatic rings. The van der Waals surface area contributed by atoms with Crippen molar-refractivity contribution in [2.45, 2.75) is 317 Å². The van der Waals surface area contributed by atoms with Crippen molar-refractivity contribution in [3.63, 3.8) is 0 Å². The van der Waals surface area contributed by atoms with Crippen molar-refractivity contribution in [3.05, 3.63) is 138 Å². The molecule has 10 atom stereocenters. The molecular weight excluding hydrogens is 1760 g/mol. The van der Waals surface area contributed by atoms with Gasteiger partial charge in [-0.25, -0.2) is 60.9 Å². The summed E-state index contributed by atoms with van der Waals surface area (Å²) in [5, 5.41) is 0. The van der Waals surface area contributed by atoms with Gasteiger partial charge in [0.2, 0.25) is 6.04 Å². The number of ketones is 1. The zero-order valence-electron chi connectivity index (χ0n) is 75.3. The van der Waals surface area contributed by atoms with E-state index in [-0.39, 0.29) is 124 Å². The Kier molecular flexibility index (Phi) is 35.0. The van der Waals surface area contributed by atoms with E-state index in [1.165, 1.54) is 86.8 Å². The van der Waals surface area contributed by atoms with E-state index in [1.54, 1.807) is 43.2 Å². The Hall–Kier alpha value is -7.46. The molecule has 8 bridgehead atoms. The van der Waals surface area contributed by atoms with Gasteiger partial charge in [-0.1, -0.05) is 6.92 Å². The van der Waals surface area contributed by atoms with Gasteiger partial charge in [-0.05, 0) is 200 Å². The first-order valence-corrected chi connectivity index (χ1v) is 51.9. The number of ether oxygens (including phenoxy) is 5. The summed E-state index contributed by atoms with van der Waals surface area (Å²) < 4.78 is 149. The Morgan fingerprint density at radius 2 is 0.721 bits per heavy atom. The Labute approximate surface area is 731 Å². The number of carbonyl (C=O) groups excluding carboxylic acids is 5. The molecule has 0 aromatic heterocycles. The largest absolute Gasteiger partial charge is 0.444 e. The molecule has 8 saturated heterocycles. The number of nitrogens with zero attached hydrogens (tertiary/aromatic N) is 9. The molecule has 8 heterocycles. The molecule has 12 rings (SSSR count). The number of hydrogen-bond donors (Lipinski definition) is 1. The van der Waals surface area contributed by atoms with Crippen LogP contribution < -0.4 is 25.3 Å². The third-order valence-electron chi connectivity index (χ3n) is 23.7. The van der Waals surface area contributed by atoms with Crippen LogP contribution in [-0.2, 0) is 23.7 Å². The second kappa shape index (κ2) is 42.7. The van der Waals surface area contributed by atoms with Crippen molar-refractivity contribution < 1.29 is 82.8 Å². The summed E-state index contributed by atoms with van der Waals surface area (Å²) in [5.74, 6) is -5.05. The second-order valence-electron chi connectivity index (χ2n) is 37.8. The second-order valence-corrected chi connectivity index (χ2v) is 51.8. The van der Waals surface area contributed by atoms with Crippen LogP contribution in [0.1, 0.15) is 255 Å². The zero-order chi connectivity index (χ0) is 90.6. The minimum atomic E-state index is -2.24. The third-order valence-corrected chi connectivity index (χ3v) is 39.3. The van der Waals surface area contributed by atoms with Crippen molar-refractivity contribution in [2.24, 2.45) is 5.73 Å². The summed E-state index contributed by atoms with van der Waals surface area (Å²) >= 11 is 0.751. The summed E-state index contributed by atoms with van der Waals surface area (Å²) in [6.07, 6.45) is 13.4. The number of benzene rings is 4. The Bertz CT molecular complexity index is 4270. The van der Waals surface area contributed by atoms with Gasteiger partial charge >= 0.3 is 144 Å². The van der Waals surface area contributed by atoms with Gasteiger partial charge in [0.05, 0.1) is 86.7 Å². The fourth-order valence-corrected chi connectivity index (χ4v) is 32.8. The maximum atomic E-state index is 14.7. The molecule has 30 heteroatoms. The monoisotopic (exact) mass is 1890 g/mol. The van der Waals surface area contributed by atoms with Crippen molar-refractivity contribution in [3.8, 4) is 0 Å². The number of amides is 4. The Balaban J connectivity index is 0.000000191. The molecule has 0 radical (unpaired) electrons. The third kappa shape index (κ3) is 25.9. The molecule has 4 amide bonds. The molecule has 2 N–H and O–H groups in total. The molecule has 4 aromatic carbocycles. The summed E-state index contributed by atoms with van der Waals surface area (Å²) in [6, 6.07) is 7.94. The normalized spacial score (nSPS) is 21.5. The van der Waals surface area contributed by atoms with Gasteiger partial charge in [-0.3, -0.25) is 24.4 Å². The molecule has 678 valence electrons. The molecule has 8 aliphatic heterocycles. The molecule has 8 fully saturated rings. The number of carbonyl (C=O) groups is 5. The standard InChI is InChI=1S/C20H25F2N3O2.C20H29F2N3O2.C19H24F2N2O3.C17H21BrF2N2O2.C4H7O.3C4H9.Sn/c1-12(23-5)15-8-17(22)18(9-16(15)21)24-10-13-6-7-14(11-24)25(13)19(26)27-20(2,3)4;1-12(9-23)15-7-17(22)18(8-16(15)21)24-10-13-5-6-14(11-24)25(13)19(26)27-20(2,3)4;1-11(24)14-7-16(21)17(8-15(14)20)22-9-12-5-6-13(10-22)23(12)18(25)26-19(2,3)4;1-17(2,3)24-16(23)22-10-4-5-11(22)9-21(8-10)15-7-13(19)12(18)6-14(15)20;1-3-5-4-2;3*1-3-4-2;/h8-9,12-14H,6-7,10-11H2,1-4H3;7-8,12-14H,5-6,9-11,23H2,1-4H3;7-8,12-13H,5-6,9-10H2,1-4H3;6-7,10-11H,4-5,8-9H2,1-3H3;1,4H2,2H3;3*1,3-4H2,2H3;. The number of piperazine rings is 4. The van der Waals surface area contributed by atoms with Crippen LogP contribution in [0.2, 0.25) is 13.3 Å². The SMILES string of the molecule is C=[C](OCC)[Sn]([CH2]CCC)([CH2]CCC)[CH2]CCC.CC(=O)c1cc(F)c(N2CC3CCC(C2)N3C(=O)OC(C)(C)C)cc1F.CC(C)(C)OC(=O)N1C2CCC1CN(c1cc(F)c(Br)cc1F)C2.CC(CN)c1cc(F)c(N2CC3CCC(C2)N3C(=O)OC(C)(C)C)cc1F.[C-]#[N+]C(C)c1cc(F)c(N2CC3CCC(C2)N3C(=O)OC(C)(C)C)cc1F. The van der Waals surface area contributed by atoms with Gasteiger partial charge < -0.3 is 49.1 Å². The van der Waals surface area contributed by atoms with E-state index in [1.807, 2.05) is 92.9 Å². The van der Waals surface area contributed by atoms with Gasteiger partial charge in [-0.15, -0.1) is 0 Å². The van der Waals surface area contributed by atoms with Gasteiger partial charge in [0.1, 0.15) is 68.9 Å². The van der Waals surface area contributed by atoms with E-state index < -0.39 is 99.1 Å². The van der Waals surface area contributed by atoms with Gasteiger partial charge in [0, 0.05) is 83.5 Å². The predicted octanol–water partition coefficient (Wildman–Crippen LogP) is 22.1. The number of halogens is 9. The quantitative estimate of drug-likeness (QED) is 0.0167. The van der Waals surface area contributed by atoms with Gasteiger partial charge in [0.25, 0.3) is 0 Å². The summed E-state index contributed by atoms with van der Waals surface area (Å²) in [5.41, 5.74) is 4.28. The van der Waals surface area contributed by atoms with E-state index in [0.29, 0.717) is 57.9 Å². The van der Waals surface area contributed by atoms with Crippen molar-refractivity contribution >= 4 is 87.2 Å². The van der Waals surface area contributed by atoms with Crippen molar-refractivity contribution in [2.75, 3.05) is 85.1 Å². The molecule has 0 aliphatic carbocycles. The van der Waals surface area contributed by atoms with Crippen molar-refractivity contribution in [1.29, 1.82) is 0 Å². The van der Waals surface area contributed by atoms with E-state index in [4.69, 9.17) is 36.0 Å². The Morgan fingerprint density at radius 1 is 0.451 bits per heavy atom. The van der Waals surface area contributed by atoms with E-state index in [0.717, 1.165) is 82.2 Å². The number of hydrogen-bond acceptors (Lipinski definition) is 15. The van der Waals surface area contributed by atoms with E-state index in [9.17, 15) is 59.1 Å². The zero-order valence-corrected chi connectivity index (χ0v) is 79.7. The van der Waals surface area contributed by atoms with Crippen LogP contribution >= 0.6 is 15.9 Å². The average molecular weight is 1890 g/mol. The van der Waals surface area contributed by atoms with E-state index in [2.05, 4.69) is 55.0 Å². The van der Waals surface area contributed by atoms with Crippen molar-refractivity contribution in [1.82, 2.24) is 19.6 Å². The smallest absolute Gasteiger partial charge is 0.410 e. The number of anilines is 4. The van der Waals surface area contributed by atoms with Crippen LogP contribution in [0.3, 0.4) is 0 Å². The van der Waals surface area contributed by atoms with Crippen LogP contribution in [0, 0.1) is 53.1 Å². The summed E-state index contributed by atoms with van der Waals surface area (Å²) in [7, 11) is 0. The number of fused-ring (bicyclic) bond motifs is 8. The first-order chi connectivity index (χ1) is 57.1. The summed E-state index contributed by atoms with van der Waals surface area (Å²) in [4.78, 5) is 78.9. The summed E-state index contributed by atoms with van der Waals surface area (Å²) in [6.45, 7) is 51.5. The topological polar surface area (TPSA) is 188 Å². The maximum Gasteiger partial charge on any atom is 0.410 e.